The lowest BCUT2D eigenvalue weighted by atomic mass is 9.72. The molecule has 13 N–H and O–H groups in total. The second-order valence-corrected chi connectivity index (χ2v) is 28.9. The highest BCUT2D eigenvalue weighted by molar-refractivity contribution is 6.01. The van der Waals surface area contributed by atoms with Crippen LogP contribution in [0.4, 0.5) is 45.5 Å². The summed E-state index contributed by atoms with van der Waals surface area (Å²) in [6.07, 6.45) is 8.45. The summed E-state index contributed by atoms with van der Waals surface area (Å²) in [4.78, 5) is 151. The number of amides is 4. The number of aromatic hydroxyl groups is 5. The monoisotopic (exact) mass is 1650 g/mol. The number of aromatic carboxylic acids is 1. The molecule has 0 unspecified atom stereocenters. The number of nitrogens with zero attached hydrogens (tertiary/aromatic N) is 6. The maximum absolute atomic E-state index is 12.4. The lowest BCUT2D eigenvalue weighted by Crippen LogP contribution is -2.41. The number of nitro groups is 2. The minimum Gasteiger partial charge on any atom is -0.505 e. The summed E-state index contributed by atoms with van der Waals surface area (Å²) in [6, 6.07) is 24.8. The number of aryl methyl sites for hydroxylation is 2. The number of nitrogen functional groups attached to an aromatic ring is 1. The van der Waals surface area contributed by atoms with Crippen LogP contribution < -0.4 is 69.5 Å². The highest BCUT2D eigenvalue weighted by atomic mass is 16.6. The van der Waals surface area contributed by atoms with E-state index in [0.717, 1.165) is 61.0 Å². The number of rotatable bonds is 17. The number of phenols is 5. The molecule has 36 nitrogen and oxygen atoms in total. The van der Waals surface area contributed by atoms with Crippen molar-refractivity contribution in [1.82, 2.24) is 19.6 Å². The number of fused-ring (bicyclic) bond motifs is 2. The van der Waals surface area contributed by atoms with Gasteiger partial charge in [0, 0.05) is 104 Å². The Hall–Kier alpha value is -14.2. The quantitative estimate of drug-likeness (QED) is 0.0133. The molecule has 2 atom stereocenters. The van der Waals surface area contributed by atoms with Gasteiger partial charge < -0.3 is 96.0 Å². The smallest absolute Gasteiger partial charge is 0.339 e. The maximum atomic E-state index is 12.4. The fraction of sp³-hybridized carbons (Fsp3) is 0.337. The minimum atomic E-state index is -1.40. The Morgan fingerprint density at radius 3 is 1.27 bits per heavy atom. The van der Waals surface area contributed by atoms with Gasteiger partial charge in [-0.25, -0.2) is 4.79 Å². The average molecular weight is 1650 g/mol. The Kier molecular flexibility index (Phi) is 33.2. The van der Waals surface area contributed by atoms with Crippen molar-refractivity contribution < 1.29 is 82.8 Å². The zero-order valence-corrected chi connectivity index (χ0v) is 68.9. The standard InChI is InChI=1S/C23H25N3O5.C15H16N2O5.C10H15NO.C9H10N2O4.C9H12N2O2.C7H5NO5.C7H8O3.C3H8/c1-23(2)10-8-15-12(9-11-31-15)21(23)25-17-16(19(28)20(17)29)24-14-7-5-6-13(18(14)27)22(30)26(3)4;1-4-22-14-10(12(19)13(14)20)16-9-7-5-6-8(11(9)18)15(21)17(2)3;1-10(2)5-3-8-7(9(10)11)4-6-12-8;1-10(2)9(13)6-4-3-5-7(8(6)12)11(14)15;1-11(2)9(13)6-4-3-5-7(10)8(6)12;9-6-4(7(10)11)2-1-3-5(6)8(12)13;1-3-10-7-4(2)5(8)6(7)9;1-3-2/h5-7,9,11,21,24-25,27H,8,10H2,1-4H3;5-7,16,18H,4H2,1-3H3;4,6,9H,3,5,11H2,1-2H3;3-5,12H,1-2H3;3-5,12H,10H2,1-2H3;1-3,9H,(H,10,11);3H2,1-2H3;3H2,1-2H3/t21-;;9-;;;;;/m0.0...../s1. The van der Waals surface area contributed by atoms with E-state index in [-0.39, 0.29) is 132 Å². The number of nitrogens with two attached hydrogens (primary N) is 2. The van der Waals surface area contributed by atoms with Crippen molar-refractivity contribution in [3.05, 3.63) is 253 Å². The molecule has 4 amide bonds. The molecule has 119 heavy (non-hydrogen) atoms. The van der Waals surface area contributed by atoms with Gasteiger partial charge in [-0.2, -0.15) is 0 Å². The van der Waals surface area contributed by atoms with E-state index in [2.05, 4.69) is 57.5 Å². The van der Waals surface area contributed by atoms with Crippen molar-refractivity contribution in [2.75, 3.05) is 91.3 Å². The van der Waals surface area contributed by atoms with Crippen molar-refractivity contribution in [1.29, 1.82) is 0 Å². The Balaban J connectivity index is 0.000000255. The molecule has 0 spiro atoms. The molecular weight excluding hydrogens is 1550 g/mol. The Labute approximate surface area is 682 Å². The molecule has 0 bridgehead atoms. The first-order chi connectivity index (χ1) is 55.7. The van der Waals surface area contributed by atoms with E-state index in [9.17, 15) is 93.4 Å². The first-order valence-corrected chi connectivity index (χ1v) is 36.9. The lowest BCUT2D eigenvalue weighted by Gasteiger charge is -2.39. The van der Waals surface area contributed by atoms with Crippen molar-refractivity contribution in [2.45, 2.75) is 107 Å². The molecule has 10 aromatic rings. The molecule has 0 aliphatic heterocycles. The predicted molar refractivity (Wildman–Crippen MR) is 446 cm³/mol. The number of furan rings is 2. The van der Waals surface area contributed by atoms with Gasteiger partial charge in [0.05, 0.1) is 80.9 Å². The highest BCUT2D eigenvalue weighted by Gasteiger charge is 2.40. The van der Waals surface area contributed by atoms with Gasteiger partial charge >= 0.3 is 17.3 Å². The van der Waals surface area contributed by atoms with E-state index in [0.29, 0.717) is 12.2 Å². The topological polar surface area (TPSA) is 541 Å². The van der Waals surface area contributed by atoms with Crippen LogP contribution in [0.15, 0.2) is 153 Å². The number of para-hydroxylation sites is 5. The van der Waals surface area contributed by atoms with E-state index in [1.165, 1.54) is 88.1 Å². The number of ether oxygens (including phenoxy) is 2. The predicted octanol–water partition coefficient (Wildman–Crippen LogP) is 10.3. The first kappa shape index (κ1) is 95.4. The number of carboxylic acid groups (broad SMARTS) is 1. The number of benzene rings is 5. The van der Waals surface area contributed by atoms with Gasteiger partial charge in [-0.1, -0.05) is 78.3 Å². The number of nitrogens with one attached hydrogen (secondary N) is 3. The Bertz CT molecular complexity index is 5520. The normalized spacial score (nSPS) is 13.5. The lowest BCUT2D eigenvalue weighted by molar-refractivity contribution is -0.386. The summed E-state index contributed by atoms with van der Waals surface area (Å²) in [5, 5.41) is 86.8. The molecule has 0 fully saturated rings. The van der Waals surface area contributed by atoms with E-state index in [1.807, 2.05) is 12.1 Å². The second kappa shape index (κ2) is 41.4. The van der Waals surface area contributed by atoms with Crippen LogP contribution in [0.2, 0.25) is 0 Å². The van der Waals surface area contributed by atoms with Crippen molar-refractivity contribution in [2.24, 2.45) is 16.6 Å². The van der Waals surface area contributed by atoms with Crippen LogP contribution in [0, 0.1) is 38.0 Å². The van der Waals surface area contributed by atoms with E-state index < -0.39 is 82.7 Å². The third kappa shape index (κ3) is 22.7. The molecule has 2 aliphatic carbocycles. The van der Waals surface area contributed by atoms with Crippen LogP contribution in [-0.2, 0) is 12.8 Å². The van der Waals surface area contributed by atoms with E-state index in [4.69, 9.17) is 40.0 Å². The third-order valence-corrected chi connectivity index (χ3v) is 18.4. The number of phenolic OH excluding ortho intramolecular Hbond substituents is 4. The minimum absolute atomic E-state index is 0.0170. The van der Waals surface area contributed by atoms with Gasteiger partial charge in [-0.3, -0.25) is 68.2 Å². The molecule has 0 radical (unpaired) electrons. The van der Waals surface area contributed by atoms with Crippen LogP contribution >= 0.6 is 0 Å². The number of nitro benzene ring substituents is 2. The summed E-state index contributed by atoms with van der Waals surface area (Å²) >= 11 is 0. The average Bonchev–Trinajstić information content (AvgIpc) is 1.74. The number of carboxylic acids is 1. The first-order valence-electron chi connectivity index (χ1n) is 36.9. The van der Waals surface area contributed by atoms with Crippen LogP contribution in [0.3, 0.4) is 0 Å². The van der Waals surface area contributed by atoms with Crippen molar-refractivity contribution in [3.8, 4) is 40.2 Å². The fourth-order valence-corrected chi connectivity index (χ4v) is 11.6. The SMILES string of the molecule is CC1(C)CCc2occc2[C@@H]1N.CCC.CCOc1c(C)c(=O)c1=O.CCOc1c(Nc2cccc(C(=O)N(C)C)c2O)c(=O)c1=O.CN(C)C(=O)c1cccc(N)c1O.CN(C)C(=O)c1cccc(Nc2c(N[C@H]3c4ccoc4CCC3(C)C)c(=O)c2=O)c1O.CN(C)C(=O)c1cccc([N+](=O)[O-])c1O.O=C(O)c1cccc([N+](=O)[O-])c1O. The third-order valence-electron chi connectivity index (χ3n) is 18.4. The zero-order valence-electron chi connectivity index (χ0n) is 68.9. The molecule has 2 heterocycles. The summed E-state index contributed by atoms with van der Waals surface area (Å²) in [5.41, 5.74) is 10.1. The molecule has 12 rings (SSSR count). The maximum Gasteiger partial charge on any atom is 0.339 e. The van der Waals surface area contributed by atoms with Crippen molar-refractivity contribution in [3.63, 3.8) is 0 Å². The fourth-order valence-electron chi connectivity index (χ4n) is 11.6. The van der Waals surface area contributed by atoms with Gasteiger partial charge in [0.1, 0.15) is 34.1 Å². The largest absolute Gasteiger partial charge is 0.505 e. The van der Waals surface area contributed by atoms with Crippen LogP contribution in [0.1, 0.15) is 167 Å². The number of carbonyl (C=O) groups is 5. The number of hydrogen-bond donors (Lipinski definition) is 11. The Morgan fingerprint density at radius 2 is 0.840 bits per heavy atom. The molecular formula is C83H99N11O25. The molecule has 0 saturated heterocycles. The Morgan fingerprint density at radius 1 is 0.487 bits per heavy atom. The van der Waals surface area contributed by atoms with Gasteiger partial charge in [0.25, 0.3) is 50.8 Å². The highest BCUT2D eigenvalue weighted by Crippen LogP contribution is 2.47. The van der Waals surface area contributed by atoms with Gasteiger partial charge in [-0.15, -0.1) is 0 Å². The number of carbonyl (C=O) groups excluding carboxylic acids is 4. The molecule has 8 aromatic carbocycles. The number of anilines is 6. The van der Waals surface area contributed by atoms with Gasteiger partial charge in [-0.05, 0) is 105 Å². The van der Waals surface area contributed by atoms with E-state index >= 15 is 0 Å². The van der Waals surface area contributed by atoms with Crippen LogP contribution in [0.5, 0.6) is 40.2 Å². The summed E-state index contributed by atoms with van der Waals surface area (Å²) in [7, 11) is 12.5. The second-order valence-electron chi connectivity index (χ2n) is 28.9. The van der Waals surface area contributed by atoms with Gasteiger partial charge in [0.2, 0.25) is 16.9 Å². The molecule has 36 heteroatoms. The molecule has 2 aliphatic rings. The summed E-state index contributed by atoms with van der Waals surface area (Å²) < 4.78 is 20.9. The molecule has 636 valence electrons. The van der Waals surface area contributed by atoms with Crippen LogP contribution in [0.25, 0.3) is 0 Å². The summed E-state index contributed by atoms with van der Waals surface area (Å²) in [6.45, 7) is 18.6. The van der Waals surface area contributed by atoms with Crippen LogP contribution in [-0.4, -0.2) is 159 Å². The summed E-state index contributed by atoms with van der Waals surface area (Å²) in [5.74, 6) is -2.89. The van der Waals surface area contributed by atoms with Gasteiger partial charge in [0.15, 0.2) is 28.7 Å². The number of hydrogen-bond acceptors (Lipinski definition) is 29. The molecule has 2 aromatic heterocycles. The van der Waals surface area contributed by atoms with E-state index in [1.54, 1.807) is 106 Å². The molecule has 0 saturated carbocycles. The zero-order chi connectivity index (χ0) is 89.7. The van der Waals surface area contributed by atoms with Crippen molar-refractivity contribution >= 4 is 75.1 Å².